The lowest BCUT2D eigenvalue weighted by Crippen LogP contribution is -2.45. The van der Waals surface area contributed by atoms with Crippen LogP contribution >= 0.6 is 12.4 Å². The number of halogens is 1. The molecule has 0 saturated carbocycles. The first-order valence-electron chi connectivity index (χ1n) is 6.00. The molecule has 1 aliphatic heterocycles. The summed E-state index contributed by atoms with van der Waals surface area (Å²) in [6.07, 6.45) is 1.16. The molecule has 2 rings (SSSR count). The highest BCUT2D eigenvalue weighted by atomic mass is 35.5. The Kier molecular flexibility index (Phi) is 4.45. The number of hydrogen-bond donors (Lipinski definition) is 1. The van der Waals surface area contributed by atoms with Crippen LogP contribution in [0.25, 0.3) is 0 Å². The predicted molar refractivity (Wildman–Crippen MR) is 74.0 cm³/mol. The fraction of sp³-hybridized carbons (Fsp3) is 0.571. The number of hydrogen-bond acceptors (Lipinski definition) is 2. The van der Waals surface area contributed by atoms with Crippen molar-refractivity contribution >= 4 is 12.4 Å². The van der Waals surface area contributed by atoms with E-state index in [9.17, 15) is 5.11 Å². The first-order chi connectivity index (χ1) is 7.52. The summed E-state index contributed by atoms with van der Waals surface area (Å²) >= 11 is 0. The minimum atomic E-state index is 0. The summed E-state index contributed by atoms with van der Waals surface area (Å²) in [5, 5.41) is 9.59. The Labute approximate surface area is 110 Å². The van der Waals surface area contributed by atoms with Gasteiger partial charge in [-0.15, -0.1) is 12.4 Å². The molecule has 1 heterocycles. The molecule has 2 unspecified atom stereocenters. The van der Waals surface area contributed by atoms with Crippen LogP contribution in [0.3, 0.4) is 0 Å². The second-order valence-electron chi connectivity index (χ2n) is 5.38. The zero-order valence-electron chi connectivity index (χ0n) is 10.8. The quantitative estimate of drug-likeness (QED) is 0.834. The summed E-state index contributed by atoms with van der Waals surface area (Å²) in [5.41, 5.74) is 1.47. The molecule has 1 fully saturated rings. The third kappa shape index (κ3) is 2.75. The molecule has 0 spiro atoms. The van der Waals surface area contributed by atoms with Crippen LogP contribution in [0.5, 0.6) is 5.75 Å². The Morgan fingerprint density at radius 3 is 2.71 bits per heavy atom. The molecule has 1 aromatic rings. The maximum atomic E-state index is 9.59. The van der Waals surface area contributed by atoms with Crippen LogP contribution in [0.15, 0.2) is 24.3 Å². The van der Waals surface area contributed by atoms with Crippen molar-refractivity contribution < 1.29 is 5.11 Å². The molecule has 1 aromatic carbocycles. The first kappa shape index (κ1) is 14.3. The van der Waals surface area contributed by atoms with Gasteiger partial charge >= 0.3 is 0 Å². The van der Waals surface area contributed by atoms with E-state index in [2.05, 4.69) is 31.9 Å². The molecule has 1 saturated heterocycles. The van der Waals surface area contributed by atoms with E-state index in [1.807, 2.05) is 12.1 Å². The number of rotatable bonds is 1. The number of phenols is 1. The Morgan fingerprint density at radius 1 is 1.41 bits per heavy atom. The van der Waals surface area contributed by atoms with Crippen molar-refractivity contribution in [2.24, 2.45) is 5.92 Å². The van der Waals surface area contributed by atoms with E-state index in [1.54, 1.807) is 6.07 Å². The van der Waals surface area contributed by atoms with Gasteiger partial charge in [0, 0.05) is 6.54 Å². The van der Waals surface area contributed by atoms with Gasteiger partial charge < -0.3 is 10.0 Å². The number of likely N-dealkylation sites (tertiary alicyclic amines) is 1. The highest BCUT2D eigenvalue weighted by Gasteiger charge is 2.36. The van der Waals surface area contributed by atoms with E-state index in [1.165, 1.54) is 5.56 Å². The van der Waals surface area contributed by atoms with Gasteiger partial charge in [0.25, 0.3) is 0 Å². The molecule has 0 aromatic heterocycles. The number of nitrogens with zero attached hydrogens (tertiary/aromatic N) is 1. The van der Waals surface area contributed by atoms with Crippen LogP contribution in [0.4, 0.5) is 0 Å². The molecule has 2 nitrogen and oxygen atoms in total. The minimum Gasteiger partial charge on any atom is -0.508 e. The fourth-order valence-electron chi connectivity index (χ4n) is 2.72. The first-order valence-corrected chi connectivity index (χ1v) is 6.00. The Hall–Kier alpha value is -0.730. The molecule has 17 heavy (non-hydrogen) atoms. The topological polar surface area (TPSA) is 23.5 Å². The SMILES string of the molecule is CC1CN(C)CCC1(C)c1cccc(O)c1.Cl. The van der Waals surface area contributed by atoms with Crippen LogP contribution in [0.2, 0.25) is 0 Å². The molecule has 0 bridgehead atoms. The number of aromatic hydroxyl groups is 1. The summed E-state index contributed by atoms with van der Waals surface area (Å²) in [6.45, 7) is 6.89. The van der Waals surface area contributed by atoms with Crippen molar-refractivity contribution in [1.29, 1.82) is 0 Å². The average Bonchev–Trinajstić information content (AvgIpc) is 2.24. The highest BCUT2D eigenvalue weighted by Crippen LogP contribution is 2.39. The maximum Gasteiger partial charge on any atom is 0.115 e. The normalized spacial score (nSPS) is 29.7. The number of benzene rings is 1. The lowest BCUT2D eigenvalue weighted by Gasteiger charge is -2.44. The summed E-state index contributed by atoms with van der Waals surface area (Å²) in [6, 6.07) is 7.75. The molecule has 0 radical (unpaired) electrons. The van der Waals surface area contributed by atoms with Crippen LogP contribution in [0, 0.1) is 5.92 Å². The fourth-order valence-corrected chi connectivity index (χ4v) is 2.72. The zero-order valence-corrected chi connectivity index (χ0v) is 11.6. The van der Waals surface area contributed by atoms with Gasteiger partial charge in [-0.2, -0.15) is 0 Å². The Balaban J connectivity index is 0.00000144. The standard InChI is InChI=1S/C14H21NO.ClH/c1-11-10-15(3)8-7-14(11,2)12-5-4-6-13(16)9-12;/h4-6,9,11,16H,7-8,10H2,1-3H3;1H. The lowest BCUT2D eigenvalue weighted by atomic mass is 9.68. The number of piperidine rings is 1. The molecule has 1 aliphatic rings. The van der Waals surface area contributed by atoms with Gasteiger partial charge in [0.15, 0.2) is 0 Å². The van der Waals surface area contributed by atoms with E-state index >= 15 is 0 Å². The lowest BCUT2D eigenvalue weighted by molar-refractivity contribution is 0.133. The molecule has 0 aliphatic carbocycles. The summed E-state index contributed by atoms with van der Waals surface area (Å²) < 4.78 is 0. The van der Waals surface area contributed by atoms with E-state index in [-0.39, 0.29) is 17.8 Å². The Morgan fingerprint density at radius 2 is 2.12 bits per heavy atom. The van der Waals surface area contributed by atoms with E-state index in [0.717, 1.165) is 19.5 Å². The summed E-state index contributed by atoms with van der Waals surface area (Å²) in [4.78, 5) is 2.38. The molecule has 1 N–H and O–H groups in total. The van der Waals surface area contributed by atoms with Gasteiger partial charge in [-0.1, -0.05) is 26.0 Å². The van der Waals surface area contributed by atoms with E-state index < -0.39 is 0 Å². The number of phenolic OH excluding ortho intramolecular Hbond substituents is 1. The van der Waals surface area contributed by atoms with Gasteiger partial charge in [0.2, 0.25) is 0 Å². The second-order valence-corrected chi connectivity index (χ2v) is 5.38. The van der Waals surface area contributed by atoms with Crippen molar-refractivity contribution in [2.75, 3.05) is 20.1 Å². The second kappa shape index (κ2) is 5.28. The van der Waals surface area contributed by atoms with Crippen molar-refractivity contribution in [3.05, 3.63) is 29.8 Å². The van der Waals surface area contributed by atoms with E-state index in [0.29, 0.717) is 11.7 Å². The molecule has 0 amide bonds. The Bertz CT molecular complexity index is 382. The largest absolute Gasteiger partial charge is 0.508 e. The predicted octanol–water partition coefficient (Wildman–Crippen LogP) is 3.04. The van der Waals surface area contributed by atoms with Gasteiger partial charge in [-0.05, 0) is 49.0 Å². The third-order valence-electron chi connectivity index (χ3n) is 4.19. The molecular formula is C14H22ClNO. The smallest absolute Gasteiger partial charge is 0.115 e. The monoisotopic (exact) mass is 255 g/mol. The van der Waals surface area contributed by atoms with Crippen molar-refractivity contribution in [1.82, 2.24) is 4.90 Å². The van der Waals surface area contributed by atoms with Gasteiger partial charge in [-0.25, -0.2) is 0 Å². The van der Waals surface area contributed by atoms with Crippen molar-refractivity contribution in [2.45, 2.75) is 25.7 Å². The third-order valence-corrected chi connectivity index (χ3v) is 4.19. The van der Waals surface area contributed by atoms with Gasteiger partial charge in [0.05, 0.1) is 0 Å². The van der Waals surface area contributed by atoms with Crippen LogP contribution in [-0.2, 0) is 5.41 Å². The van der Waals surface area contributed by atoms with Crippen molar-refractivity contribution in [3.8, 4) is 5.75 Å². The summed E-state index contributed by atoms with van der Waals surface area (Å²) in [5.74, 6) is 0.998. The zero-order chi connectivity index (χ0) is 11.8. The molecule has 2 atom stereocenters. The van der Waals surface area contributed by atoms with E-state index in [4.69, 9.17) is 0 Å². The average molecular weight is 256 g/mol. The minimum absolute atomic E-state index is 0. The molecule has 3 heteroatoms. The maximum absolute atomic E-state index is 9.59. The van der Waals surface area contributed by atoms with Gasteiger partial charge in [-0.3, -0.25) is 0 Å². The van der Waals surface area contributed by atoms with Crippen LogP contribution < -0.4 is 0 Å². The molecule has 96 valence electrons. The van der Waals surface area contributed by atoms with Crippen molar-refractivity contribution in [3.63, 3.8) is 0 Å². The summed E-state index contributed by atoms with van der Waals surface area (Å²) in [7, 11) is 2.18. The van der Waals surface area contributed by atoms with Gasteiger partial charge in [0.1, 0.15) is 5.75 Å². The van der Waals surface area contributed by atoms with Crippen LogP contribution in [-0.4, -0.2) is 30.1 Å². The molecular weight excluding hydrogens is 234 g/mol. The highest BCUT2D eigenvalue weighted by molar-refractivity contribution is 5.85. The van der Waals surface area contributed by atoms with Crippen LogP contribution in [0.1, 0.15) is 25.8 Å².